The molecule has 1 fully saturated rings. The van der Waals surface area contributed by atoms with Gasteiger partial charge in [-0.2, -0.15) is 0 Å². The van der Waals surface area contributed by atoms with Gasteiger partial charge in [-0.25, -0.2) is 15.4 Å². The number of aromatic nitrogens is 2. The summed E-state index contributed by atoms with van der Waals surface area (Å²) >= 11 is 6.20. The summed E-state index contributed by atoms with van der Waals surface area (Å²) in [6.07, 6.45) is 0. The molecule has 1 aliphatic heterocycles. The zero-order valence-corrected chi connectivity index (χ0v) is 16.1. The van der Waals surface area contributed by atoms with Gasteiger partial charge in [-0.3, -0.25) is 10.0 Å². The number of hydrogen-bond donors (Lipinski definition) is 2. The number of rotatable bonds is 3. The number of carbonyl (C=O) groups excluding carboxylic acids is 1. The van der Waals surface area contributed by atoms with Crippen molar-refractivity contribution in [2.24, 2.45) is 0 Å². The lowest BCUT2D eigenvalue weighted by atomic mass is 10.1. The summed E-state index contributed by atoms with van der Waals surface area (Å²) in [7, 11) is 2.12. The highest BCUT2D eigenvalue weighted by atomic mass is 35.5. The Hall–Kier alpha value is -2.74. The summed E-state index contributed by atoms with van der Waals surface area (Å²) < 4.78 is 0. The van der Waals surface area contributed by atoms with Gasteiger partial charge in [-0.1, -0.05) is 23.7 Å². The van der Waals surface area contributed by atoms with E-state index in [1.807, 2.05) is 18.2 Å². The third-order valence-electron chi connectivity index (χ3n) is 4.95. The molecule has 1 saturated heterocycles. The van der Waals surface area contributed by atoms with Gasteiger partial charge in [-0.05, 0) is 37.4 Å². The second kappa shape index (κ2) is 7.71. The first kappa shape index (κ1) is 18.6. The van der Waals surface area contributed by atoms with E-state index in [-0.39, 0.29) is 0 Å². The van der Waals surface area contributed by atoms with Crippen molar-refractivity contribution in [2.75, 3.05) is 38.1 Å². The molecule has 0 radical (unpaired) electrons. The van der Waals surface area contributed by atoms with E-state index in [1.165, 1.54) is 0 Å². The van der Waals surface area contributed by atoms with E-state index in [0.717, 1.165) is 48.5 Å². The topological polar surface area (TPSA) is 81.6 Å². The predicted molar refractivity (Wildman–Crippen MR) is 109 cm³/mol. The van der Waals surface area contributed by atoms with Crippen LogP contribution in [0.5, 0.6) is 0 Å². The van der Waals surface area contributed by atoms with Crippen LogP contribution in [0.15, 0.2) is 42.5 Å². The lowest BCUT2D eigenvalue weighted by Gasteiger charge is -2.33. The molecule has 2 aromatic carbocycles. The van der Waals surface area contributed by atoms with E-state index in [9.17, 15) is 4.79 Å². The highest BCUT2D eigenvalue weighted by molar-refractivity contribution is 6.31. The van der Waals surface area contributed by atoms with Crippen LogP contribution in [0, 0.1) is 0 Å². The minimum absolute atomic E-state index is 0.356. The van der Waals surface area contributed by atoms with Crippen LogP contribution < -0.4 is 10.4 Å². The van der Waals surface area contributed by atoms with E-state index in [4.69, 9.17) is 21.8 Å². The average Bonchev–Trinajstić information content (AvgIpc) is 2.73. The number of hydroxylamine groups is 1. The number of carbonyl (C=O) groups is 1. The molecule has 28 heavy (non-hydrogen) atoms. The molecule has 7 nitrogen and oxygen atoms in total. The first-order chi connectivity index (χ1) is 13.5. The van der Waals surface area contributed by atoms with E-state index in [2.05, 4.69) is 21.8 Å². The summed E-state index contributed by atoms with van der Waals surface area (Å²) in [6.45, 7) is 3.72. The summed E-state index contributed by atoms with van der Waals surface area (Å²) in [5.74, 6) is 0.900. The summed E-state index contributed by atoms with van der Waals surface area (Å²) in [5.41, 5.74) is 3.55. The van der Waals surface area contributed by atoms with Crippen molar-refractivity contribution in [1.29, 1.82) is 0 Å². The number of likely N-dealkylation sites (N-methyl/N-ethyl adjacent to an activating group) is 1. The zero-order valence-electron chi connectivity index (χ0n) is 15.4. The molecule has 1 amide bonds. The molecular formula is C20H20ClN5O2. The Labute approximate surface area is 167 Å². The Kier molecular flexibility index (Phi) is 5.13. The average molecular weight is 398 g/mol. The number of benzene rings is 2. The van der Waals surface area contributed by atoms with Crippen molar-refractivity contribution in [3.8, 4) is 11.4 Å². The van der Waals surface area contributed by atoms with Crippen molar-refractivity contribution >= 4 is 34.2 Å². The van der Waals surface area contributed by atoms with Crippen LogP contribution in [-0.2, 0) is 0 Å². The van der Waals surface area contributed by atoms with Crippen LogP contribution in [-0.4, -0.2) is 59.2 Å². The molecule has 0 bridgehead atoms. The number of amides is 1. The van der Waals surface area contributed by atoms with E-state index < -0.39 is 5.91 Å². The van der Waals surface area contributed by atoms with Crippen LogP contribution in [0.3, 0.4) is 0 Å². The number of nitrogens with one attached hydrogen (secondary N) is 1. The normalized spacial score (nSPS) is 15.0. The summed E-state index contributed by atoms with van der Waals surface area (Å²) in [4.78, 5) is 25.6. The molecule has 1 aromatic heterocycles. The Morgan fingerprint density at radius 1 is 1.07 bits per heavy atom. The Morgan fingerprint density at radius 3 is 2.46 bits per heavy atom. The van der Waals surface area contributed by atoms with E-state index >= 15 is 0 Å². The molecule has 0 atom stereocenters. The standard InChI is InChI=1S/C20H20ClN5O2/c1-25-8-10-26(11-9-25)19-16-7-6-15(21)12-17(16)22-18(23-19)13-2-4-14(5-3-13)20(27)24-28/h2-7,12,28H,8-11H2,1H3,(H,24,27). The Morgan fingerprint density at radius 2 is 1.79 bits per heavy atom. The first-order valence-corrected chi connectivity index (χ1v) is 9.38. The highest BCUT2D eigenvalue weighted by Crippen LogP contribution is 2.30. The van der Waals surface area contributed by atoms with Crippen LogP contribution in [0.2, 0.25) is 5.02 Å². The van der Waals surface area contributed by atoms with E-state index in [1.54, 1.807) is 29.7 Å². The fourth-order valence-electron chi connectivity index (χ4n) is 3.31. The Balaban J connectivity index is 1.79. The van der Waals surface area contributed by atoms with Gasteiger partial charge in [-0.15, -0.1) is 0 Å². The fourth-order valence-corrected chi connectivity index (χ4v) is 3.48. The van der Waals surface area contributed by atoms with Crippen molar-refractivity contribution in [2.45, 2.75) is 0 Å². The smallest absolute Gasteiger partial charge is 0.274 e. The predicted octanol–water partition coefficient (Wildman–Crippen LogP) is 2.82. The van der Waals surface area contributed by atoms with Gasteiger partial charge in [0.2, 0.25) is 0 Å². The number of fused-ring (bicyclic) bond motifs is 1. The molecule has 2 N–H and O–H groups in total. The van der Waals surface area contributed by atoms with Crippen LogP contribution in [0.25, 0.3) is 22.3 Å². The molecule has 0 unspecified atom stereocenters. The monoisotopic (exact) mass is 397 g/mol. The summed E-state index contributed by atoms with van der Waals surface area (Å²) in [5, 5.41) is 10.4. The number of anilines is 1. The number of hydrogen-bond acceptors (Lipinski definition) is 6. The minimum Gasteiger partial charge on any atom is -0.353 e. The molecule has 4 rings (SSSR count). The van der Waals surface area contributed by atoms with Crippen molar-refractivity contribution < 1.29 is 10.0 Å². The molecule has 1 aliphatic rings. The van der Waals surface area contributed by atoms with Gasteiger partial charge in [0, 0.05) is 47.7 Å². The third-order valence-corrected chi connectivity index (χ3v) is 5.18. The minimum atomic E-state index is -0.559. The van der Waals surface area contributed by atoms with Crippen molar-refractivity contribution in [3.05, 3.63) is 53.1 Å². The highest BCUT2D eigenvalue weighted by Gasteiger charge is 2.20. The maximum absolute atomic E-state index is 11.5. The first-order valence-electron chi connectivity index (χ1n) is 9.01. The lowest BCUT2D eigenvalue weighted by molar-refractivity contribution is 0.0706. The number of halogens is 1. The molecule has 8 heteroatoms. The van der Waals surface area contributed by atoms with Crippen molar-refractivity contribution in [1.82, 2.24) is 20.3 Å². The molecule has 0 saturated carbocycles. The van der Waals surface area contributed by atoms with Gasteiger partial charge in [0.1, 0.15) is 5.82 Å². The van der Waals surface area contributed by atoms with Gasteiger partial charge in [0.25, 0.3) is 5.91 Å². The maximum atomic E-state index is 11.5. The number of nitrogens with zero attached hydrogens (tertiary/aromatic N) is 4. The maximum Gasteiger partial charge on any atom is 0.274 e. The molecule has 2 heterocycles. The molecule has 0 aliphatic carbocycles. The lowest BCUT2D eigenvalue weighted by Crippen LogP contribution is -2.45. The molecular weight excluding hydrogens is 378 g/mol. The van der Waals surface area contributed by atoms with Gasteiger partial charge in [0.05, 0.1) is 5.52 Å². The zero-order chi connectivity index (χ0) is 19.7. The van der Waals surface area contributed by atoms with Crippen LogP contribution in [0.1, 0.15) is 10.4 Å². The summed E-state index contributed by atoms with van der Waals surface area (Å²) in [6, 6.07) is 12.5. The fraction of sp³-hybridized carbons (Fsp3) is 0.250. The van der Waals surface area contributed by atoms with Gasteiger partial charge < -0.3 is 9.80 Å². The quantitative estimate of drug-likeness (QED) is 0.522. The Bertz CT molecular complexity index is 1020. The number of piperazine rings is 1. The van der Waals surface area contributed by atoms with Crippen LogP contribution >= 0.6 is 11.6 Å². The second-order valence-corrected chi connectivity index (χ2v) is 7.28. The largest absolute Gasteiger partial charge is 0.353 e. The van der Waals surface area contributed by atoms with E-state index in [0.29, 0.717) is 16.4 Å². The van der Waals surface area contributed by atoms with Crippen molar-refractivity contribution in [3.63, 3.8) is 0 Å². The molecule has 144 valence electrons. The SMILES string of the molecule is CN1CCN(c2nc(-c3ccc(C(=O)NO)cc3)nc3cc(Cl)ccc23)CC1. The third kappa shape index (κ3) is 3.64. The second-order valence-electron chi connectivity index (χ2n) is 6.84. The van der Waals surface area contributed by atoms with Gasteiger partial charge in [0.15, 0.2) is 5.82 Å². The molecule has 3 aromatic rings. The van der Waals surface area contributed by atoms with Gasteiger partial charge >= 0.3 is 0 Å². The van der Waals surface area contributed by atoms with Crippen LogP contribution in [0.4, 0.5) is 5.82 Å². The molecule has 0 spiro atoms.